The summed E-state index contributed by atoms with van der Waals surface area (Å²) in [5.41, 5.74) is 1.44. The number of amides is 5. The highest BCUT2D eigenvalue weighted by Gasteiger charge is 2.44. The van der Waals surface area contributed by atoms with Gasteiger partial charge in [-0.25, -0.2) is 0 Å². The second-order valence-electron chi connectivity index (χ2n) is 13.0. The zero-order valence-electron chi connectivity index (χ0n) is 26.3. The molecule has 13 heteroatoms. The third-order valence-corrected chi connectivity index (χ3v) is 9.79. The highest BCUT2D eigenvalue weighted by atomic mass is 16.2. The van der Waals surface area contributed by atoms with E-state index in [-0.39, 0.29) is 68.6 Å². The molecule has 0 radical (unpaired) electrons. The van der Waals surface area contributed by atoms with Crippen molar-refractivity contribution < 1.29 is 24.0 Å². The number of rotatable bonds is 4. The van der Waals surface area contributed by atoms with Crippen LogP contribution in [0.1, 0.15) is 69.0 Å². The van der Waals surface area contributed by atoms with E-state index < -0.39 is 24.0 Å². The average Bonchev–Trinajstić information content (AvgIpc) is 3.76. The molecule has 3 aliphatic heterocycles. The van der Waals surface area contributed by atoms with Crippen molar-refractivity contribution in [3.8, 4) is 0 Å². The normalized spacial score (nSPS) is 25.3. The van der Waals surface area contributed by atoms with Gasteiger partial charge in [0.15, 0.2) is 0 Å². The van der Waals surface area contributed by atoms with Crippen molar-refractivity contribution in [1.29, 1.82) is 0 Å². The molecule has 3 atom stereocenters. The van der Waals surface area contributed by atoms with Crippen LogP contribution in [0.5, 0.6) is 0 Å². The smallest absolute Gasteiger partial charge is 0.246 e. The van der Waals surface area contributed by atoms with E-state index in [9.17, 15) is 24.0 Å². The minimum atomic E-state index is -0.982. The van der Waals surface area contributed by atoms with E-state index in [0.717, 1.165) is 44.1 Å². The molecule has 4 aliphatic rings. The van der Waals surface area contributed by atoms with E-state index in [2.05, 4.69) is 20.9 Å². The molecule has 0 unspecified atom stereocenters. The maximum absolute atomic E-state index is 14.2. The van der Waals surface area contributed by atoms with Crippen LogP contribution in [0.2, 0.25) is 0 Å². The van der Waals surface area contributed by atoms with Crippen molar-refractivity contribution in [2.24, 2.45) is 5.92 Å². The fraction of sp³-hybridized carbons (Fsp3) is 0.606. The molecular formula is C33H44N8O5. The second kappa shape index (κ2) is 14.4. The van der Waals surface area contributed by atoms with Gasteiger partial charge < -0.3 is 25.3 Å². The zero-order chi connectivity index (χ0) is 32.0. The summed E-state index contributed by atoms with van der Waals surface area (Å²) in [6, 6.07) is 7.04. The molecule has 0 spiro atoms. The number of hydrogen-bond acceptors (Lipinski definition) is 7. The van der Waals surface area contributed by atoms with Gasteiger partial charge in [-0.1, -0.05) is 54.8 Å². The maximum atomic E-state index is 14.2. The number of carbonyl (C=O) groups excluding carboxylic acids is 5. The first-order valence-corrected chi connectivity index (χ1v) is 16.8. The van der Waals surface area contributed by atoms with Crippen LogP contribution in [0, 0.1) is 5.92 Å². The predicted octanol–water partition coefficient (Wildman–Crippen LogP) is 1.03. The van der Waals surface area contributed by atoms with Crippen molar-refractivity contribution >= 4 is 29.5 Å². The molecule has 1 aromatic heterocycles. The van der Waals surface area contributed by atoms with Gasteiger partial charge in [0, 0.05) is 44.9 Å². The lowest BCUT2D eigenvalue weighted by atomic mass is 9.88. The Labute approximate surface area is 269 Å². The highest BCUT2D eigenvalue weighted by Crippen LogP contribution is 2.30. The van der Waals surface area contributed by atoms with Crippen LogP contribution >= 0.6 is 0 Å². The van der Waals surface area contributed by atoms with Gasteiger partial charge in [0.1, 0.15) is 23.8 Å². The Hall–Kier alpha value is -4.29. The quantitative estimate of drug-likeness (QED) is 0.511. The summed E-state index contributed by atoms with van der Waals surface area (Å²) in [6.45, 7) is 1.51. The number of benzene rings is 1. The number of fused-ring (bicyclic) bond motifs is 3. The molecule has 3 fully saturated rings. The summed E-state index contributed by atoms with van der Waals surface area (Å²) < 4.78 is 1.64. The fourth-order valence-electron chi connectivity index (χ4n) is 7.30. The lowest BCUT2D eigenvalue weighted by molar-refractivity contribution is -0.154. The van der Waals surface area contributed by atoms with Crippen LogP contribution in [-0.2, 0) is 43.5 Å². The first kappa shape index (κ1) is 31.7. The SMILES string of the molecule is O=C1CCCn2cc(nn2)CNC(=O)[C@H]2CN(C(=O)[C@@H]3CCCN3C(=O)C3CCCCC3)CCN2C(=O)[C@H](Cc2ccccc2)N1. The van der Waals surface area contributed by atoms with Crippen LogP contribution in [-0.4, -0.2) is 104 Å². The first-order valence-electron chi connectivity index (χ1n) is 16.8. The van der Waals surface area contributed by atoms with Crippen molar-refractivity contribution in [2.75, 3.05) is 26.2 Å². The number of aromatic nitrogens is 3. The van der Waals surface area contributed by atoms with E-state index in [1.54, 1.807) is 20.7 Å². The molecule has 2 N–H and O–H groups in total. The van der Waals surface area contributed by atoms with Crippen LogP contribution in [0.3, 0.4) is 0 Å². The Kier molecular flexibility index (Phi) is 9.94. The first-order chi connectivity index (χ1) is 22.4. The van der Waals surface area contributed by atoms with Gasteiger partial charge in [0.05, 0.1) is 19.3 Å². The summed E-state index contributed by atoms with van der Waals surface area (Å²) in [5, 5.41) is 14.1. The molecule has 13 nitrogen and oxygen atoms in total. The van der Waals surface area contributed by atoms with Crippen molar-refractivity contribution in [1.82, 2.24) is 40.3 Å². The monoisotopic (exact) mass is 632 g/mol. The highest BCUT2D eigenvalue weighted by molar-refractivity contribution is 5.94. The molecule has 4 heterocycles. The van der Waals surface area contributed by atoms with Gasteiger partial charge in [-0.2, -0.15) is 0 Å². The minimum absolute atomic E-state index is 0.00292. The van der Waals surface area contributed by atoms with E-state index in [4.69, 9.17) is 0 Å². The Bertz CT molecular complexity index is 1420. The molecule has 46 heavy (non-hydrogen) atoms. The number of hydrogen-bond donors (Lipinski definition) is 2. The number of likely N-dealkylation sites (tertiary alicyclic amines) is 1. The maximum Gasteiger partial charge on any atom is 0.246 e. The topological polar surface area (TPSA) is 150 Å². The molecular weight excluding hydrogens is 588 g/mol. The Morgan fingerprint density at radius 2 is 1.67 bits per heavy atom. The van der Waals surface area contributed by atoms with Gasteiger partial charge in [-0.15, -0.1) is 5.10 Å². The number of carbonyl (C=O) groups is 5. The third-order valence-electron chi connectivity index (χ3n) is 9.79. The summed E-state index contributed by atoms with van der Waals surface area (Å²) in [5.74, 6) is -1.16. The standard InChI is InChI=1S/C33H44N8O5/c42-29-14-8-15-39-21-25(36-37-39)20-34-30(43)28-22-38(17-18-41(28)32(45)26(35-29)19-23-9-3-1-4-10-23)33(46)27-13-7-16-40(27)31(44)24-11-5-2-6-12-24/h1,3-4,9-10,21,24,26-28H,2,5-8,11-20,22H2,(H,34,43)(H,35,42)/t26-,27-,28+/m0/s1. The van der Waals surface area contributed by atoms with Crippen LogP contribution < -0.4 is 10.6 Å². The van der Waals surface area contributed by atoms with Crippen LogP contribution in [0.15, 0.2) is 36.5 Å². The number of piperazine rings is 1. The summed E-state index contributed by atoms with van der Waals surface area (Å²) in [7, 11) is 0. The molecule has 1 aromatic carbocycles. The van der Waals surface area contributed by atoms with Gasteiger partial charge in [-0.05, 0) is 37.7 Å². The number of aryl methyl sites for hydroxylation is 1. The van der Waals surface area contributed by atoms with Crippen molar-refractivity contribution in [3.63, 3.8) is 0 Å². The third kappa shape index (κ3) is 7.23. The van der Waals surface area contributed by atoms with E-state index in [1.165, 1.54) is 4.90 Å². The lowest BCUT2D eigenvalue weighted by Gasteiger charge is -2.43. The summed E-state index contributed by atoms with van der Waals surface area (Å²) >= 11 is 0. The van der Waals surface area contributed by atoms with E-state index in [1.807, 2.05) is 30.3 Å². The average molecular weight is 633 g/mol. The Morgan fingerprint density at radius 3 is 2.48 bits per heavy atom. The lowest BCUT2D eigenvalue weighted by Crippen LogP contribution is -2.65. The minimum Gasteiger partial charge on any atom is -0.348 e. The van der Waals surface area contributed by atoms with Gasteiger partial charge in [0.25, 0.3) is 0 Å². The molecule has 1 aliphatic carbocycles. The number of nitrogens with one attached hydrogen (secondary N) is 2. The van der Waals surface area contributed by atoms with Crippen LogP contribution in [0.4, 0.5) is 0 Å². The predicted molar refractivity (Wildman–Crippen MR) is 167 cm³/mol. The molecule has 2 bridgehead atoms. The number of nitrogens with zero attached hydrogens (tertiary/aromatic N) is 6. The Balaban J connectivity index is 1.23. The Morgan fingerprint density at radius 1 is 0.870 bits per heavy atom. The van der Waals surface area contributed by atoms with Crippen molar-refractivity contribution in [2.45, 2.75) is 95.4 Å². The van der Waals surface area contributed by atoms with Crippen LogP contribution in [0.25, 0.3) is 0 Å². The molecule has 1 saturated carbocycles. The molecule has 2 aromatic rings. The van der Waals surface area contributed by atoms with Gasteiger partial charge in [0.2, 0.25) is 29.5 Å². The molecule has 6 rings (SSSR count). The van der Waals surface area contributed by atoms with Gasteiger partial charge in [-0.3, -0.25) is 28.7 Å². The fourth-order valence-corrected chi connectivity index (χ4v) is 7.30. The largest absolute Gasteiger partial charge is 0.348 e. The molecule has 246 valence electrons. The second-order valence-corrected chi connectivity index (χ2v) is 13.0. The summed E-state index contributed by atoms with van der Waals surface area (Å²) in [6.07, 6.45) is 9.03. The van der Waals surface area contributed by atoms with E-state index >= 15 is 0 Å². The van der Waals surface area contributed by atoms with Gasteiger partial charge >= 0.3 is 0 Å². The summed E-state index contributed by atoms with van der Waals surface area (Å²) in [4.78, 5) is 73.4. The molecule has 2 saturated heterocycles. The zero-order valence-corrected chi connectivity index (χ0v) is 26.3. The van der Waals surface area contributed by atoms with Crippen molar-refractivity contribution in [3.05, 3.63) is 47.8 Å². The molecule has 5 amide bonds. The van der Waals surface area contributed by atoms with E-state index in [0.29, 0.717) is 31.6 Å².